The maximum absolute atomic E-state index is 11.5. The third-order valence-electron chi connectivity index (χ3n) is 2.36. The van der Waals surface area contributed by atoms with Crippen LogP contribution in [-0.4, -0.2) is 9.97 Å². The second-order valence-electron chi connectivity index (χ2n) is 3.54. The van der Waals surface area contributed by atoms with Crippen molar-refractivity contribution in [3.8, 4) is 11.4 Å². The van der Waals surface area contributed by atoms with Gasteiger partial charge in [0.25, 0.3) is 5.56 Å². The van der Waals surface area contributed by atoms with Crippen molar-refractivity contribution in [2.75, 3.05) is 0 Å². The van der Waals surface area contributed by atoms with Gasteiger partial charge in [0, 0.05) is 17.3 Å². The lowest BCUT2D eigenvalue weighted by Gasteiger charge is -2.06. The van der Waals surface area contributed by atoms with Gasteiger partial charge in [-0.05, 0) is 18.6 Å². The highest BCUT2D eigenvalue weighted by Gasteiger charge is 2.09. The number of nitrogens with one attached hydrogen (secondary N) is 1. The predicted molar refractivity (Wildman–Crippen MR) is 69.7 cm³/mol. The molecule has 0 aliphatic heterocycles. The van der Waals surface area contributed by atoms with E-state index in [1.165, 1.54) is 6.07 Å². The molecule has 0 unspecified atom stereocenters. The molecule has 0 aliphatic carbocycles. The SMILES string of the molecule is CCc1cc(=O)[nH]c(-c2cccc(Cl)c2Cl)n1. The van der Waals surface area contributed by atoms with E-state index >= 15 is 0 Å². The molecule has 0 bridgehead atoms. The molecule has 2 aromatic rings. The van der Waals surface area contributed by atoms with Crippen LogP contribution >= 0.6 is 23.2 Å². The third kappa shape index (κ3) is 2.51. The van der Waals surface area contributed by atoms with E-state index in [1.54, 1.807) is 18.2 Å². The number of aryl methyl sites for hydroxylation is 1. The second-order valence-corrected chi connectivity index (χ2v) is 4.33. The van der Waals surface area contributed by atoms with Gasteiger partial charge in [0.05, 0.1) is 10.0 Å². The maximum atomic E-state index is 11.5. The van der Waals surface area contributed by atoms with Gasteiger partial charge in [-0.1, -0.05) is 36.2 Å². The first-order valence-corrected chi connectivity index (χ1v) is 5.92. The average molecular weight is 269 g/mol. The minimum atomic E-state index is -0.192. The van der Waals surface area contributed by atoms with E-state index in [0.717, 1.165) is 5.69 Å². The van der Waals surface area contributed by atoms with Crippen molar-refractivity contribution in [1.29, 1.82) is 0 Å². The van der Waals surface area contributed by atoms with E-state index < -0.39 is 0 Å². The molecule has 3 nitrogen and oxygen atoms in total. The standard InChI is InChI=1S/C12H10Cl2N2O/c1-2-7-6-10(17)16-12(15-7)8-4-3-5-9(13)11(8)14/h3-6H,2H2,1H3,(H,15,16,17). The number of benzene rings is 1. The number of hydrogen-bond donors (Lipinski definition) is 1. The van der Waals surface area contributed by atoms with Crippen LogP contribution in [-0.2, 0) is 6.42 Å². The fourth-order valence-electron chi connectivity index (χ4n) is 1.50. The van der Waals surface area contributed by atoms with Gasteiger partial charge in [0.1, 0.15) is 5.82 Å². The fourth-order valence-corrected chi connectivity index (χ4v) is 1.89. The number of rotatable bonds is 2. The van der Waals surface area contributed by atoms with Crippen LogP contribution in [0.1, 0.15) is 12.6 Å². The van der Waals surface area contributed by atoms with Crippen LogP contribution < -0.4 is 5.56 Å². The highest BCUT2D eigenvalue weighted by atomic mass is 35.5. The lowest BCUT2D eigenvalue weighted by atomic mass is 10.2. The highest BCUT2D eigenvalue weighted by molar-refractivity contribution is 6.43. The number of halogens is 2. The number of H-pyrrole nitrogens is 1. The molecule has 0 atom stereocenters. The molecule has 2 rings (SSSR count). The molecule has 0 spiro atoms. The van der Waals surface area contributed by atoms with Crippen LogP contribution in [0, 0.1) is 0 Å². The smallest absolute Gasteiger partial charge is 0.251 e. The van der Waals surface area contributed by atoms with Crippen LogP contribution in [0.25, 0.3) is 11.4 Å². The van der Waals surface area contributed by atoms with E-state index in [1.807, 2.05) is 6.92 Å². The third-order valence-corrected chi connectivity index (χ3v) is 3.18. The van der Waals surface area contributed by atoms with Crippen LogP contribution in [0.15, 0.2) is 29.1 Å². The first-order valence-electron chi connectivity index (χ1n) is 5.16. The summed E-state index contributed by atoms with van der Waals surface area (Å²) in [7, 11) is 0. The zero-order chi connectivity index (χ0) is 12.4. The number of aromatic nitrogens is 2. The van der Waals surface area contributed by atoms with E-state index in [4.69, 9.17) is 23.2 Å². The molecule has 0 saturated heterocycles. The summed E-state index contributed by atoms with van der Waals surface area (Å²) in [5.41, 5.74) is 1.16. The van der Waals surface area contributed by atoms with E-state index in [0.29, 0.717) is 27.9 Å². The van der Waals surface area contributed by atoms with E-state index in [2.05, 4.69) is 9.97 Å². The maximum Gasteiger partial charge on any atom is 0.251 e. The predicted octanol–water partition coefficient (Wildman–Crippen LogP) is 3.31. The van der Waals surface area contributed by atoms with Crippen LogP contribution in [0.5, 0.6) is 0 Å². The summed E-state index contributed by atoms with van der Waals surface area (Å²) < 4.78 is 0. The van der Waals surface area contributed by atoms with Gasteiger partial charge in [-0.25, -0.2) is 4.98 Å². The molecule has 5 heteroatoms. The van der Waals surface area contributed by atoms with Gasteiger partial charge >= 0.3 is 0 Å². The van der Waals surface area contributed by atoms with Gasteiger partial charge in [0.15, 0.2) is 0 Å². The topological polar surface area (TPSA) is 45.8 Å². The first-order chi connectivity index (χ1) is 8.11. The largest absolute Gasteiger partial charge is 0.306 e. The molecule has 0 saturated carbocycles. The molecule has 88 valence electrons. The lowest BCUT2D eigenvalue weighted by Crippen LogP contribution is -2.10. The summed E-state index contributed by atoms with van der Waals surface area (Å²) >= 11 is 12.0. The summed E-state index contributed by atoms with van der Waals surface area (Å²) in [4.78, 5) is 18.5. The molecule has 0 amide bonds. The van der Waals surface area contributed by atoms with Crippen molar-refractivity contribution >= 4 is 23.2 Å². The second kappa shape index (κ2) is 4.90. The molecular weight excluding hydrogens is 259 g/mol. The van der Waals surface area contributed by atoms with Crippen LogP contribution in [0.3, 0.4) is 0 Å². The zero-order valence-electron chi connectivity index (χ0n) is 9.13. The molecule has 1 aromatic carbocycles. The Kier molecular flexibility index (Phi) is 3.50. The first kappa shape index (κ1) is 12.1. The summed E-state index contributed by atoms with van der Waals surface area (Å²) in [6, 6.07) is 6.70. The van der Waals surface area contributed by atoms with Crippen molar-refractivity contribution in [3.63, 3.8) is 0 Å². The Hall–Kier alpha value is -1.32. The van der Waals surface area contributed by atoms with Crippen molar-refractivity contribution in [2.24, 2.45) is 0 Å². The average Bonchev–Trinajstić information content (AvgIpc) is 2.31. The highest BCUT2D eigenvalue weighted by Crippen LogP contribution is 2.31. The fraction of sp³-hybridized carbons (Fsp3) is 0.167. The van der Waals surface area contributed by atoms with Crippen molar-refractivity contribution in [1.82, 2.24) is 9.97 Å². The number of nitrogens with zero attached hydrogens (tertiary/aromatic N) is 1. The quantitative estimate of drug-likeness (QED) is 0.909. The molecule has 1 N–H and O–H groups in total. The lowest BCUT2D eigenvalue weighted by molar-refractivity contribution is 0.987. The Morgan fingerprint density at radius 1 is 1.35 bits per heavy atom. The Morgan fingerprint density at radius 3 is 2.82 bits per heavy atom. The number of aromatic amines is 1. The van der Waals surface area contributed by atoms with Gasteiger partial charge in [0.2, 0.25) is 0 Å². The Bertz CT molecular complexity index is 608. The van der Waals surface area contributed by atoms with Crippen LogP contribution in [0.4, 0.5) is 0 Å². The Morgan fingerprint density at radius 2 is 2.12 bits per heavy atom. The minimum Gasteiger partial charge on any atom is -0.306 e. The summed E-state index contributed by atoms with van der Waals surface area (Å²) in [6.07, 6.45) is 0.690. The molecule has 1 aromatic heterocycles. The monoisotopic (exact) mass is 268 g/mol. The van der Waals surface area contributed by atoms with Crippen molar-refractivity contribution < 1.29 is 0 Å². The summed E-state index contributed by atoms with van der Waals surface area (Å²) in [5, 5.41) is 0.833. The molecule has 0 aliphatic rings. The summed E-state index contributed by atoms with van der Waals surface area (Å²) in [5.74, 6) is 0.446. The molecule has 17 heavy (non-hydrogen) atoms. The molecular formula is C12H10Cl2N2O. The van der Waals surface area contributed by atoms with Crippen molar-refractivity contribution in [2.45, 2.75) is 13.3 Å². The van der Waals surface area contributed by atoms with Gasteiger partial charge < -0.3 is 4.98 Å². The molecule has 0 radical (unpaired) electrons. The number of hydrogen-bond acceptors (Lipinski definition) is 2. The van der Waals surface area contributed by atoms with E-state index in [9.17, 15) is 4.79 Å². The summed E-state index contributed by atoms with van der Waals surface area (Å²) in [6.45, 7) is 1.94. The molecule has 1 heterocycles. The Balaban J connectivity index is 2.64. The van der Waals surface area contributed by atoms with E-state index in [-0.39, 0.29) is 5.56 Å². The van der Waals surface area contributed by atoms with Gasteiger partial charge in [-0.3, -0.25) is 4.79 Å². The normalized spacial score (nSPS) is 10.5. The van der Waals surface area contributed by atoms with Crippen LogP contribution in [0.2, 0.25) is 10.0 Å². The molecule has 0 fully saturated rings. The Labute approximate surface area is 108 Å². The van der Waals surface area contributed by atoms with Gasteiger partial charge in [-0.15, -0.1) is 0 Å². The van der Waals surface area contributed by atoms with Gasteiger partial charge in [-0.2, -0.15) is 0 Å². The zero-order valence-corrected chi connectivity index (χ0v) is 10.6. The minimum absolute atomic E-state index is 0.192. The van der Waals surface area contributed by atoms with Crippen molar-refractivity contribution in [3.05, 3.63) is 50.4 Å².